The van der Waals surface area contributed by atoms with E-state index in [0.29, 0.717) is 6.04 Å². The molecule has 0 aliphatic heterocycles. The Kier molecular flexibility index (Phi) is 4.30. The van der Waals surface area contributed by atoms with Crippen LogP contribution >= 0.6 is 0 Å². The van der Waals surface area contributed by atoms with Crippen LogP contribution in [0.25, 0.3) is 0 Å². The fraction of sp³-hybridized carbons (Fsp3) is 0.615. The van der Waals surface area contributed by atoms with Gasteiger partial charge in [0.1, 0.15) is 0 Å². The average Bonchev–Trinajstić information content (AvgIpc) is 2.44. The van der Waals surface area contributed by atoms with Gasteiger partial charge < -0.3 is 5.32 Å². The standard InChI is InChI=1S/C13H23N3/c1-9(2)13(14-5)8-7-12-10(3)15-16(6)11(12)4/h13-14H,1,7-8H2,2-6H3. The van der Waals surface area contributed by atoms with Crippen LogP contribution in [0.5, 0.6) is 0 Å². The van der Waals surface area contributed by atoms with E-state index in [9.17, 15) is 0 Å². The van der Waals surface area contributed by atoms with Gasteiger partial charge >= 0.3 is 0 Å². The van der Waals surface area contributed by atoms with Gasteiger partial charge in [-0.15, -0.1) is 0 Å². The van der Waals surface area contributed by atoms with Gasteiger partial charge in [-0.05, 0) is 46.2 Å². The zero-order valence-corrected chi connectivity index (χ0v) is 11.1. The average molecular weight is 221 g/mol. The van der Waals surface area contributed by atoms with Gasteiger partial charge in [-0.25, -0.2) is 0 Å². The van der Waals surface area contributed by atoms with Gasteiger partial charge in [-0.2, -0.15) is 5.10 Å². The number of hydrogen-bond acceptors (Lipinski definition) is 2. The number of nitrogens with zero attached hydrogens (tertiary/aromatic N) is 2. The van der Waals surface area contributed by atoms with Gasteiger partial charge in [0.2, 0.25) is 0 Å². The molecule has 0 spiro atoms. The highest BCUT2D eigenvalue weighted by molar-refractivity contribution is 5.24. The molecule has 1 N–H and O–H groups in total. The van der Waals surface area contributed by atoms with E-state index in [-0.39, 0.29) is 0 Å². The molecular weight excluding hydrogens is 198 g/mol. The van der Waals surface area contributed by atoms with Crippen molar-refractivity contribution in [2.45, 2.75) is 39.7 Å². The lowest BCUT2D eigenvalue weighted by atomic mass is 10.00. The molecule has 1 rings (SSSR count). The van der Waals surface area contributed by atoms with E-state index < -0.39 is 0 Å². The van der Waals surface area contributed by atoms with E-state index in [1.807, 2.05) is 18.8 Å². The summed E-state index contributed by atoms with van der Waals surface area (Å²) in [5.74, 6) is 0. The third-order valence-corrected chi connectivity index (χ3v) is 3.29. The number of likely N-dealkylation sites (N-methyl/N-ethyl adjacent to an activating group) is 1. The summed E-state index contributed by atoms with van der Waals surface area (Å²) < 4.78 is 1.96. The van der Waals surface area contributed by atoms with Gasteiger partial charge in [0.25, 0.3) is 0 Å². The van der Waals surface area contributed by atoms with Crippen molar-refractivity contribution in [2.24, 2.45) is 7.05 Å². The minimum Gasteiger partial charge on any atom is -0.313 e. The Balaban J connectivity index is 2.70. The van der Waals surface area contributed by atoms with Crippen molar-refractivity contribution >= 4 is 0 Å². The summed E-state index contributed by atoms with van der Waals surface area (Å²) in [7, 11) is 3.99. The van der Waals surface area contributed by atoms with Crippen molar-refractivity contribution < 1.29 is 0 Å². The highest BCUT2D eigenvalue weighted by atomic mass is 15.3. The lowest BCUT2D eigenvalue weighted by Crippen LogP contribution is -2.26. The quantitative estimate of drug-likeness (QED) is 0.772. The van der Waals surface area contributed by atoms with E-state index >= 15 is 0 Å². The lowest BCUT2D eigenvalue weighted by Gasteiger charge is -2.15. The maximum Gasteiger partial charge on any atom is 0.0628 e. The summed E-state index contributed by atoms with van der Waals surface area (Å²) in [5, 5.41) is 7.72. The second-order valence-electron chi connectivity index (χ2n) is 4.50. The first-order valence-corrected chi connectivity index (χ1v) is 5.79. The molecule has 1 aromatic rings. The van der Waals surface area contributed by atoms with E-state index in [4.69, 9.17) is 0 Å². The molecule has 0 saturated carbocycles. The van der Waals surface area contributed by atoms with Crippen molar-refractivity contribution in [3.63, 3.8) is 0 Å². The zero-order chi connectivity index (χ0) is 12.3. The van der Waals surface area contributed by atoms with Gasteiger partial charge in [0.05, 0.1) is 5.69 Å². The Morgan fingerprint density at radius 3 is 2.50 bits per heavy atom. The molecule has 3 heteroatoms. The molecule has 1 unspecified atom stereocenters. The number of hydrogen-bond donors (Lipinski definition) is 1. The number of aryl methyl sites for hydroxylation is 2. The van der Waals surface area contributed by atoms with Gasteiger partial charge in [0.15, 0.2) is 0 Å². The highest BCUT2D eigenvalue weighted by Gasteiger charge is 2.12. The first-order chi connectivity index (χ1) is 7.47. The molecular formula is C13H23N3. The molecule has 0 bridgehead atoms. The van der Waals surface area contributed by atoms with Crippen LogP contribution in [0.3, 0.4) is 0 Å². The summed E-state index contributed by atoms with van der Waals surface area (Å²) in [4.78, 5) is 0. The molecule has 0 aliphatic rings. The second kappa shape index (κ2) is 5.30. The van der Waals surface area contributed by atoms with E-state index in [2.05, 4.69) is 37.8 Å². The van der Waals surface area contributed by atoms with Crippen LogP contribution in [-0.2, 0) is 13.5 Å². The molecule has 16 heavy (non-hydrogen) atoms. The Hall–Kier alpha value is -1.09. The Morgan fingerprint density at radius 2 is 2.12 bits per heavy atom. The highest BCUT2D eigenvalue weighted by Crippen LogP contribution is 2.16. The van der Waals surface area contributed by atoms with Crippen LogP contribution in [0.4, 0.5) is 0 Å². The van der Waals surface area contributed by atoms with Crippen LogP contribution in [0.15, 0.2) is 12.2 Å². The van der Waals surface area contributed by atoms with Crippen molar-refractivity contribution in [2.75, 3.05) is 7.05 Å². The van der Waals surface area contributed by atoms with E-state index in [0.717, 1.165) is 18.5 Å². The fourth-order valence-corrected chi connectivity index (χ4v) is 2.11. The molecule has 1 atom stereocenters. The van der Waals surface area contributed by atoms with E-state index in [1.165, 1.54) is 16.8 Å². The Bertz CT molecular complexity index is 377. The fourth-order valence-electron chi connectivity index (χ4n) is 2.11. The van der Waals surface area contributed by atoms with Crippen LogP contribution in [0, 0.1) is 13.8 Å². The predicted molar refractivity (Wildman–Crippen MR) is 68.7 cm³/mol. The molecule has 0 aliphatic carbocycles. The van der Waals surface area contributed by atoms with Crippen molar-refractivity contribution in [1.82, 2.24) is 15.1 Å². The summed E-state index contributed by atoms with van der Waals surface area (Å²) in [6.45, 7) is 10.3. The predicted octanol–water partition coefficient (Wildman–Crippen LogP) is 2.13. The van der Waals surface area contributed by atoms with Gasteiger partial charge in [-0.1, -0.05) is 12.2 Å². The Morgan fingerprint density at radius 1 is 1.50 bits per heavy atom. The number of aromatic nitrogens is 2. The van der Waals surface area contributed by atoms with Crippen LogP contribution in [-0.4, -0.2) is 22.9 Å². The lowest BCUT2D eigenvalue weighted by molar-refractivity contribution is 0.586. The molecule has 0 fully saturated rings. The molecule has 1 heterocycles. The monoisotopic (exact) mass is 221 g/mol. The summed E-state index contributed by atoms with van der Waals surface area (Å²) in [6, 6.07) is 0.402. The van der Waals surface area contributed by atoms with Crippen molar-refractivity contribution in [3.8, 4) is 0 Å². The summed E-state index contributed by atoms with van der Waals surface area (Å²) in [5.41, 5.74) is 5.00. The van der Waals surface area contributed by atoms with Crippen LogP contribution in [0.2, 0.25) is 0 Å². The Labute approximate surface area is 98.5 Å². The van der Waals surface area contributed by atoms with Gasteiger partial charge in [-0.3, -0.25) is 4.68 Å². The number of rotatable bonds is 5. The largest absolute Gasteiger partial charge is 0.313 e. The minimum absolute atomic E-state index is 0.402. The summed E-state index contributed by atoms with van der Waals surface area (Å²) in [6.07, 6.45) is 2.14. The third-order valence-electron chi connectivity index (χ3n) is 3.29. The maximum absolute atomic E-state index is 4.43. The van der Waals surface area contributed by atoms with Gasteiger partial charge in [0, 0.05) is 18.8 Å². The van der Waals surface area contributed by atoms with Crippen molar-refractivity contribution in [1.29, 1.82) is 0 Å². The molecule has 0 radical (unpaired) electrons. The maximum atomic E-state index is 4.43. The third kappa shape index (κ3) is 2.73. The van der Waals surface area contributed by atoms with Crippen LogP contribution < -0.4 is 5.32 Å². The first kappa shape index (κ1) is 13.0. The molecule has 0 amide bonds. The molecule has 0 aromatic carbocycles. The second-order valence-corrected chi connectivity index (χ2v) is 4.50. The SMILES string of the molecule is C=C(C)C(CCc1c(C)nn(C)c1C)NC. The zero-order valence-electron chi connectivity index (χ0n) is 11.1. The van der Waals surface area contributed by atoms with Crippen molar-refractivity contribution in [3.05, 3.63) is 29.1 Å². The minimum atomic E-state index is 0.402. The smallest absolute Gasteiger partial charge is 0.0628 e. The molecule has 0 saturated heterocycles. The molecule has 3 nitrogen and oxygen atoms in total. The number of nitrogens with one attached hydrogen (secondary N) is 1. The summed E-state index contributed by atoms with van der Waals surface area (Å²) >= 11 is 0. The topological polar surface area (TPSA) is 29.9 Å². The normalized spacial score (nSPS) is 12.8. The molecule has 90 valence electrons. The molecule has 1 aromatic heterocycles. The van der Waals surface area contributed by atoms with E-state index in [1.54, 1.807) is 0 Å². The van der Waals surface area contributed by atoms with Crippen LogP contribution in [0.1, 0.15) is 30.3 Å². The first-order valence-electron chi connectivity index (χ1n) is 5.79.